The fourth-order valence-corrected chi connectivity index (χ4v) is 2.50. The van der Waals surface area contributed by atoms with Crippen molar-refractivity contribution in [1.82, 2.24) is 0 Å². The van der Waals surface area contributed by atoms with E-state index in [-0.39, 0.29) is 22.8 Å². The molecule has 0 bridgehead atoms. The van der Waals surface area contributed by atoms with Crippen LogP contribution in [0.3, 0.4) is 0 Å². The number of nitrogens with one attached hydrogen (secondary N) is 2. The predicted octanol–water partition coefficient (Wildman–Crippen LogP) is 4.39. The molecule has 0 aliphatic rings. The van der Waals surface area contributed by atoms with Crippen LogP contribution >= 0.6 is 15.9 Å². The molecule has 2 aromatic carbocycles. The third-order valence-electron chi connectivity index (χ3n) is 3.41. The summed E-state index contributed by atoms with van der Waals surface area (Å²) in [6, 6.07) is 12.8. The van der Waals surface area contributed by atoms with Crippen molar-refractivity contribution < 1.29 is 23.5 Å². The average molecular weight is 419 g/mol. The minimum atomic E-state index is -0.758. The molecule has 26 heavy (non-hydrogen) atoms. The first-order valence-electron chi connectivity index (χ1n) is 7.39. The summed E-state index contributed by atoms with van der Waals surface area (Å²) in [7, 11) is 0. The zero-order valence-corrected chi connectivity index (χ0v) is 14.7. The highest BCUT2D eigenvalue weighted by atomic mass is 79.9. The number of halogens is 2. The van der Waals surface area contributed by atoms with E-state index in [2.05, 4.69) is 26.6 Å². The minimum absolute atomic E-state index is 0.100. The molecule has 0 spiro atoms. The quantitative estimate of drug-likeness (QED) is 0.547. The van der Waals surface area contributed by atoms with Crippen LogP contribution in [-0.4, -0.2) is 16.9 Å². The van der Waals surface area contributed by atoms with Gasteiger partial charge in [0.2, 0.25) is 0 Å². The summed E-state index contributed by atoms with van der Waals surface area (Å²) in [6.45, 7) is 0. The number of carbonyl (C=O) groups excluding carboxylic acids is 2. The summed E-state index contributed by atoms with van der Waals surface area (Å²) >= 11 is 3.11. The molecule has 0 unspecified atom stereocenters. The Morgan fingerprint density at radius 1 is 1.00 bits per heavy atom. The number of phenols is 1. The van der Waals surface area contributed by atoms with Crippen LogP contribution in [-0.2, 0) is 0 Å². The van der Waals surface area contributed by atoms with Gasteiger partial charge >= 0.3 is 0 Å². The highest BCUT2D eigenvalue weighted by Gasteiger charge is 2.15. The molecule has 0 fully saturated rings. The van der Waals surface area contributed by atoms with E-state index >= 15 is 0 Å². The Morgan fingerprint density at radius 2 is 1.77 bits per heavy atom. The second-order valence-electron chi connectivity index (χ2n) is 5.23. The second kappa shape index (κ2) is 7.40. The molecule has 8 heteroatoms. The van der Waals surface area contributed by atoms with Gasteiger partial charge in [-0.15, -0.1) is 0 Å². The van der Waals surface area contributed by atoms with Crippen LogP contribution < -0.4 is 10.6 Å². The van der Waals surface area contributed by atoms with Crippen molar-refractivity contribution in [2.45, 2.75) is 0 Å². The maximum atomic E-state index is 13.7. The Kier molecular flexibility index (Phi) is 5.04. The predicted molar refractivity (Wildman–Crippen MR) is 96.8 cm³/mol. The molecule has 6 nitrogen and oxygen atoms in total. The third kappa shape index (κ3) is 3.92. The number of rotatable bonds is 4. The van der Waals surface area contributed by atoms with Crippen molar-refractivity contribution in [3.63, 3.8) is 0 Å². The second-order valence-corrected chi connectivity index (χ2v) is 6.01. The van der Waals surface area contributed by atoms with Crippen LogP contribution in [0.1, 0.15) is 20.9 Å². The van der Waals surface area contributed by atoms with E-state index in [1.807, 2.05) is 0 Å². The van der Waals surface area contributed by atoms with Crippen LogP contribution in [0, 0.1) is 5.82 Å². The fraction of sp³-hybridized carbons (Fsp3) is 0. The molecule has 2 amide bonds. The molecule has 0 aliphatic heterocycles. The standard InChI is InChI=1S/C18H12BrFN2O4/c19-15-8-7-14(26-15)18(25)21-11-4-1-3-10(9-11)17(24)22-16-12(20)5-2-6-13(16)23/h1-9,23H,(H,21,25)(H,22,24). The average Bonchev–Trinajstić information content (AvgIpc) is 3.05. The third-order valence-corrected chi connectivity index (χ3v) is 3.84. The first-order chi connectivity index (χ1) is 12.4. The normalized spacial score (nSPS) is 10.4. The van der Waals surface area contributed by atoms with E-state index < -0.39 is 17.6 Å². The maximum Gasteiger partial charge on any atom is 0.291 e. The van der Waals surface area contributed by atoms with Crippen molar-refractivity contribution in [2.24, 2.45) is 0 Å². The molecule has 1 heterocycles. The number of anilines is 2. The minimum Gasteiger partial charge on any atom is -0.506 e. The Balaban J connectivity index is 1.76. The topological polar surface area (TPSA) is 91.6 Å². The number of aromatic hydroxyl groups is 1. The molecule has 0 radical (unpaired) electrons. The lowest BCUT2D eigenvalue weighted by atomic mass is 10.1. The number of carbonyl (C=O) groups is 2. The van der Waals surface area contributed by atoms with Crippen molar-refractivity contribution >= 4 is 39.1 Å². The first-order valence-corrected chi connectivity index (χ1v) is 8.19. The molecule has 0 atom stereocenters. The number of para-hydroxylation sites is 1. The number of furan rings is 1. The SMILES string of the molecule is O=C(Nc1c(O)cccc1F)c1cccc(NC(=O)c2ccc(Br)o2)c1. The van der Waals surface area contributed by atoms with E-state index in [1.54, 1.807) is 18.2 Å². The summed E-state index contributed by atoms with van der Waals surface area (Å²) in [5.41, 5.74) is 0.214. The van der Waals surface area contributed by atoms with Crippen molar-refractivity contribution in [2.75, 3.05) is 10.6 Å². The molecule has 0 saturated heterocycles. The Hall–Kier alpha value is -3.13. The van der Waals surface area contributed by atoms with E-state index in [0.29, 0.717) is 10.4 Å². The summed E-state index contributed by atoms with van der Waals surface area (Å²) in [6.07, 6.45) is 0. The Bertz CT molecular complexity index is 967. The molecule has 1 aromatic heterocycles. The molecule has 3 N–H and O–H groups in total. The van der Waals surface area contributed by atoms with Gasteiger partial charge in [-0.05, 0) is 58.4 Å². The zero-order chi connectivity index (χ0) is 18.7. The monoisotopic (exact) mass is 418 g/mol. The van der Waals surface area contributed by atoms with Crippen LogP contribution in [0.5, 0.6) is 5.75 Å². The number of phenolic OH excluding ortho intramolecular Hbond substituents is 1. The molecule has 3 rings (SSSR count). The van der Waals surface area contributed by atoms with Gasteiger partial charge in [-0.1, -0.05) is 12.1 Å². The van der Waals surface area contributed by atoms with Crippen LogP contribution in [0.25, 0.3) is 0 Å². The Labute approximate surface area is 155 Å². The highest BCUT2D eigenvalue weighted by molar-refractivity contribution is 9.10. The zero-order valence-electron chi connectivity index (χ0n) is 13.1. The number of benzene rings is 2. The largest absolute Gasteiger partial charge is 0.506 e. The lowest BCUT2D eigenvalue weighted by Crippen LogP contribution is -2.15. The molecular formula is C18H12BrFN2O4. The summed E-state index contributed by atoms with van der Waals surface area (Å²) in [4.78, 5) is 24.4. The Morgan fingerprint density at radius 3 is 2.46 bits per heavy atom. The number of hydrogen-bond donors (Lipinski definition) is 3. The number of amides is 2. The summed E-state index contributed by atoms with van der Waals surface area (Å²) in [5.74, 6) is -2.16. The van der Waals surface area contributed by atoms with Gasteiger partial charge in [0.25, 0.3) is 11.8 Å². The number of hydrogen-bond acceptors (Lipinski definition) is 4. The van der Waals surface area contributed by atoms with E-state index in [1.165, 1.54) is 30.3 Å². The lowest BCUT2D eigenvalue weighted by molar-refractivity contribution is 0.0992. The van der Waals surface area contributed by atoms with Crippen LogP contribution in [0.2, 0.25) is 0 Å². The highest BCUT2D eigenvalue weighted by Crippen LogP contribution is 2.26. The first kappa shape index (κ1) is 17.7. The smallest absolute Gasteiger partial charge is 0.291 e. The van der Waals surface area contributed by atoms with E-state index in [9.17, 15) is 19.1 Å². The van der Waals surface area contributed by atoms with Gasteiger partial charge in [0.15, 0.2) is 16.2 Å². The van der Waals surface area contributed by atoms with Crippen LogP contribution in [0.15, 0.2) is 63.7 Å². The van der Waals surface area contributed by atoms with Gasteiger partial charge in [0, 0.05) is 11.3 Å². The molecule has 132 valence electrons. The van der Waals surface area contributed by atoms with Crippen molar-refractivity contribution in [1.29, 1.82) is 0 Å². The molecule has 0 saturated carbocycles. The fourth-order valence-electron chi connectivity index (χ4n) is 2.19. The van der Waals surface area contributed by atoms with Crippen LogP contribution in [0.4, 0.5) is 15.8 Å². The maximum absolute atomic E-state index is 13.7. The molecule has 3 aromatic rings. The van der Waals surface area contributed by atoms with Gasteiger partial charge in [-0.3, -0.25) is 9.59 Å². The van der Waals surface area contributed by atoms with Crippen molar-refractivity contribution in [3.8, 4) is 5.75 Å². The van der Waals surface area contributed by atoms with Gasteiger partial charge in [-0.25, -0.2) is 4.39 Å². The molecular weight excluding hydrogens is 407 g/mol. The lowest BCUT2D eigenvalue weighted by Gasteiger charge is -2.09. The van der Waals surface area contributed by atoms with Gasteiger partial charge in [-0.2, -0.15) is 0 Å². The van der Waals surface area contributed by atoms with E-state index in [0.717, 1.165) is 6.07 Å². The summed E-state index contributed by atoms with van der Waals surface area (Å²) in [5, 5.41) is 14.6. The van der Waals surface area contributed by atoms with E-state index in [4.69, 9.17) is 4.42 Å². The van der Waals surface area contributed by atoms with Gasteiger partial charge in [0.1, 0.15) is 11.4 Å². The van der Waals surface area contributed by atoms with Gasteiger partial charge < -0.3 is 20.2 Å². The molecule has 0 aliphatic carbocycles. The van der Waals surface area contributed by atoms with Gasteiger partial charge in [0.05, 0.1) is 0 Å². The van der Waals surface area contributed by atoms with Crippen molar-refractivity contribution in [3.05, 3.63) is 76.4 Å². The summed E-state index contributed by atoms with van der Waals surface area (Å²) < 4.78 is 19.3.